The van der Waals surface area contributed by atoms with Gasteiger partial charge in [0, 0.05) is 21.8 Å². The standard InChI is InChI=1S/C13H13BrClNS/c1-16-12(8-13-11(15)6-7-17-13)9-2-4-10(14)5-3-9/h2-7,12,16H,8H2,1H3. The normalized spacial score (nSPS) is 12.6. The predicted molar refractivity (Wildman–Crippen MR) is 79.0 cm³/mol. The zero-order valence-corrected chi connectivity index (χ0v) is 12.6. The molecule has 4 heteroatoms. The molecule has 1 heterocycles. The first-order valence-electron chi connectivity index (χ1n) is 5.35. The van der Waals surface area contributed by atoms with Crippen molar-refractivity contribution in [3.63, 3.8) is 0 Å². The summed E-state index contributed by atoms with van der Waals surface area (Å²) in [5.74, 6) is 0. The van der Waals surface area contributed by atoms with Gasteiger partial charge in [-0.05, 0) is 36.2 Å². The Morgan fingerprint density at radius 3 is 2.53 bits per heavy atom. The summed E-state index contributed by atoms with van der Waals surface area (Å²) in [6.07, 6.45) is 0.925. The fraction of sp³-hybridized carbons (Fsp3) is 0.231. The van der Waals surface area contributed by atoms with E-state index in [1.165, 1.54) is 10.4 Å². The molecule has 0 fully saturated rings. The van der Waals surface area contributed by atoms with Crippen LogP contribution in [0.25, 0.3) is 0 Å². The van der Waals surface area contributed by atoms with Crippen molar-refractivity contribution in [3.05, 3.63) is 55.6 Å². The summed E-state index contributed by atoms with van der Waals surface area (Å²) >= 11 is 11.3. The quantitative estimate of drug-likeness (QED) is 0.859. The first-order valence-corrected chi connectivity index (χ1v) is 7.40. The second-order valence-electron chi connectivity index (χ2n) is 3.79. The van der Waals surface area contributed by atoms with Crippen LogP contribution < -0.4 is 5.32 Å². The van der Waals surface area contributed by atoms with E-state index < -0.39 is 0 Å². The molecule has 0 amide bonds. The maximum absolute atomic E-state index is 6.13. The van der Waals surface area contributed by atoms with E-state index in [1.807, 2.05) is 18.5 Å². The molecule has 1 unspecified atom stereocenters. The minimum absolute atomic E-state index is 0.305. The van der Waals surface area contributed by atoms with Crippen LogP contribution in [0.1, 0.15) is 16.5 Å². The topological polar surface area (TPSA) is 12.0 Å². The third-order valence-corrected chi connectivity index (χ3v) is 4.64. The van der Waals surface area contributed by atoms with Crippen LogP contribution in [0.3, 0.4) is 0 Å². The molecule has 2 rings (SSSR count). The summed E-state index contributed by atoms with van der Waals surface area (Å²) in [7, 11) is 1.98. The SMILES string of the molecule is CNC(Cc1sccc1Cl)c1ccc(Br)cc1. The molecule has 1 nitrogen and oxygen atoms in total. The average Bonchev–Trinajstić information content (AvgIpc) is 2.73. The number of thiophene rings is 1. The van der Waals surface area contributed by atoms with Crippen molar-refractivity contribution in [2.45, 2.75) is 12.5 Å². The predicted octanol–water partition coefficient (Wildman–Crippen LogP) is 4.67. The molecule has 0 aliphatic heterocycles. The summed E-state index contributed by atoms with van der Waals surface area (Å²) < 4.78 is 1.10. The van der Waals surface area contributed by atoms with Crippen molar-refractivity contribution in [1.82, 2.24) is 5.32 Å². The molecule has 0 bridgehead atoms. The number of halogens is 2. The maximum atomic E-state index is 6.13. The van der Waals surface area contributed by atoms with Crippen molar-refractivity contribution in [3.8, 4) is 0 Å². The van der Waals surface area contributed by atoms with Crippen LogP contribution in [0.5, 0.6) is 0 Å². The Morgan fingerprint density at radius 2 is 2.00 bits per heavy atom. The third kappa shape index (κ3) is 3.32. The molecular weight excluding hydrogens is 318 g/mol. The van der Waals surface area contributed by atoms with Crippen LogP contribution in [0, 0.1) is 0 Å². The molecule has 90 valence electrons. The Balaban J connectivity index is 2.17. The molecule has 0 saturated heterocycles. The monoisotopic (exact) mass is 329 g/mol. The summed E-state index contributed by atoms with van der Waals surface area (Å²) in [5, 5.41) is 6.24. The number of hydrogen-bond acceptors (Lipinski definition) is 2. The highest BCUT2D eigenvalue weighted by Gasteiger charge is 2.12. The molecule has 1 aromatic carbocycles. The van der Waals surface area contributed by atoms with E-state index >= 15 is 0 Å². The molecule has 0 aliphatic carbocycles. The number of benzene rings is 1. The molecule has 0 saturated carbocycles. The van der Waals surface area contributed by atoms with E-state index in [9.17, 15) is 0 Å². The lowest BCUT2D eigenvalue weighted by atomic mass is 10.0. The molecular formula is C13H13BrClNS. The van der Waals surface area contributed by atoms with Gasteiger partial charge < -0.3 is 5.32 Å². The van der Waals surface area contributed by atoms with Gasteiger partial charge in [-0.25, -0.2) is 0 Å². The largest absolute Gasteiger partial charge is 0.313 e. The van der Waals surface area contributed by atoms with Crippen LogP contribution in [0.2, 0.25) is 5.02 Å². The van der Waals surface area contributed by atoms with E-state index in [0.29, 0.717) is 6.04 Å². The number of hydrogen-bond donors (Lipinski definition) is 1. The molecule has 1 N–H and O–H groups in total. The van der Waals surface area contributed by atoms with Crippen LogP contribution in [0.15, 0.2) is 40.2 Å². The van der Waals surface area contributed by atoms with Gasteiger partial charge in [0.2, 0.25) is 0 Å². The van der Waals surface area contributed by atoms with Gasteiger partial charge >= 0.3 is 0 Å². The second kappa shape index (κ2) is 6.01. The second-order valence-corrected chi connectivity index (χ2v) is 6.11. The summed E-state index contributed by atoms with van der Waals surface area (Å²) in [5.41, 5.74) is 1.28. The van der Waals surface area contributed by atoms with Crippen LogP contribution in [0.4, 0.5) is 0 Å². The summed E-state index contributed by atoms with van der Waals surface area (Å²) in [4.78, 5) is 1.23. The van der Waals surface area contributed by atoms with E-state index in [2.05, 4.69) is 45.5 Å². The van der Waals surface area contributed by atoms with Gasteiger partial charge in [-0.3, -0.25) is 0 Å². The Morgan fingerprint density at radius 1 is 1.29 bits per heavy atom. The van der Waals surface area contributed by atoms with Gasteiger partial charge in [-0.15, -0.1) is 11.3 Å². The van der Waals surface area contributed by atoms with Crippen LogP contribution in [-0.4, -0.2) is 7.05 Å². The van der Waals surface area contributed by atoms with Gasteiger partial charge in [-0.1, -0.05) is 39.7 Å². The van der Waals surface area contributed by atoms with Crippen LogP contribution >= 0.6 is 38.9 Å². The minimum atomic E-state index is 0.305. The molecule has 0 spiro atoms. The first kappa shape index (κ1) is 13.1. The third-order valence-electron chi connectivity index (χ3n) is 2.70. The van der Waals surface area contributed by atoms with Crippen molar-refractivity contribution in [2.75, 3.05) is 7.05 Å². The zero-order chi connectivity index (χ0) is 12.3. The number of rotatable bonds is 4. The van der Waals surface area contributed by atoms with E-state index in [4.69, 9.17) is 11.6 Å². The maximum Gasteiger partial charge on any atom is 0.0545 e. The summed E-state index contributed by atoms with van der Waals surface area (Å²) in [6.45, 7) is 0. The highest BCUT2D eigenvalue weighted by atomic mass is 79.9. The van der Waals surface area contributed by atoms with Gasteiger partial charge in [0.25, 0.3) is 0 Å². The first-order chi connectivity index (χ1) is 8.20. The Kier molecular flexibility index (Phi) is 4.62. The van der Waals surface area contributed by atoms with Crippen molar-refractivity contribution in [1.29, 1.82) is 0 Å². The highest BCUT2D eigenvalue weighted by molar-refractivity contribution is 9.10. The lowest BCUT2D eigenvalue weighted by Gasteiger charge is -2.16. The minimum Gasteiger partial charge on any atom is -0.313 e. The lowest BCUT2D eigenvalue weighted by molar-refractivity contribution is 0.596. The van der Waals surface area contributed by atoms with Crippen molar-refractivity contribution in [2.24, 2.45) is 0 Å². The van der Waals surface area contributed by atoms with Crippen molar-refractivity contribution < 1.29 is 0 Å². The Labute approximate surface area is 119 Å². The molecule has 0 aliphatic rings. The highest BCUT2D eigenvalue weighted by Crippen LogP contribution is 2.28. The van der Waals surface area contributed by atoms with Crippen LogP contribution in [-0.2, 0) is 6.42 Å². The number of likely N-dealkylation sites (N-methyl/N-ethyl adjacent to an activating group) is 1. The van der Waals surface area contributed by atoms with Gasteiger partial charge in [-0.2, -0.15) is 0 Å². The molecule has 1 atom stereocenters. The molecule has 2 aromatic rings. The van der Waals surface area contributed by atoms with Gasteiger partial charge in [0.05, 0.1) is 5.02 Å². The lowest BCUT2D eigenvalue weighted by Crippen LogP contribution is -2.18. The Bertz CT molecular complexity index is 480. The number of nitrogens with one attached hydrogen (secondary N) is 1. The molecule has 17 heavy (non-hydrogen) atoms. The summed E-state index contributed by atoms with van der Waals surface area (Å²) in [6, 6.07) is 10.7. The smallest absolute Gasteiger partial charge is 0.0545 e. The zero-order valence-electron chi connectivity index (χ0n) is 9.41. The molecule has 1 aromatic heterocycles. The fourth-order valence-electron chi connectivity index (χ4n) is 1.74. The van der Waals surface area contributed by atoms with E-state index in [-0.39, 0.29) is 0 Å². The van der Waals surface area contributed by atoms with Gasteiger partial charge in [0.15, 0.2) is 0 Å². The molecule has 0 radical (unpaired) electrons. The van der Waals surface area contributed by atoms with E-state index in [1.54, 1.807) is 11.3 Å². The average molecular weight is 331 g/mol. The Hall–Kier alpha value is -0.350. The fourth-order valence-corrected chi connectivity index (χ4v) is 3.16. The van der Waals surface area contributed by atoms with E-state index in [0.717, 1.165) is 15.9 Å². The van der Waals surface area contributed by atoms with Crippen molar-refractivity contribution >= 4 is 38.9 Å². The van der Waals surface area contributed by atoms with Gasteiger partial charge in [0.1, 0.15) is 0 Å².